The number of likely N-dealkylation sites (N-methyl/N-ethyl adjacent to an activating group) is 1. The average molecular weight is 584 g/mol. The lowest BCUT2D eigenvalue weighted by Crippen LogP contribution is -2.62. The van der Waals surface area contributed by atoms with Gasteiger partial charge in [-0.3, -0.25) is 15.4 Å². The van der Waals surface area contributed by atoms with Crippen LogP contribution in [0.3, 0.4) is 0 Å². The molecule has 2 N–H and O–H groups in total. The molecular formula is C31H36Cl2N4O3. The fraction of sp³-hybridized carbons (Fsp3) is 0.387. The topological polar surface area (TPSA) is 66.1 Å². The molecule has 0 saturated carbocycles. The Labute approximate surface area is 246 Å². The van der Waals surface area contributed by atoms with Gasteiger partial charge in [0, 0.05) is 47.9 Å². The molecule has 5 rings (SSSR count). The van der Waals surface area contributed by atoms with E-state index in [9.17, 15) is 4.79 Å². The predicted molar refractivity (Wildman–Crippen MR) is 159 cm³/mol. The summed E-state index contributed by atoms with van der Waals surface area (Å²) in [4.78, 5) is 18.9. The number of hydrogen-bond donors (Lipinski definition) is 2. The maximum Gasteiger partial charge on any atom is 0.262 e. The second-order valence-electron chi connectivity index (χ2n) is 10.7. The maximum absolute atomic E-state index is 14.7. The Balaban J connectivity index is 1.68. The molecule has 0 spiro atoms. The van der Waals surface area contributed by atoms with Gasteiger partial charge in [-0.25, -0.2) is 0 Å². The van der Waals surface area contributed by atoms with Crippen LogP contribution in [0.15, 0.2) is 66.7 Å². The van der Waals surface area contributed by atoms with Gasteiger partial charge in [-0.05, 0) is 68.4 Å². The second-order valence-corrected chi connectivity index (χ2v) is 11.6. The fourth-order valence-corrected chi connectivity index (χ4v) is 5.75. The number of hydrogen-bond acceptors (Lipinski definition) is 6. The van der Waals surface area contributed by atoms with Gasteiger partial charge >= 0.3 is 0 Å². The van der Waals surface area contributed by atoms with Gasteiger partial charge < -0.3 is 19.3 Å². The Hall–Kier alpha value is -2.81. The fourth-order valence-electron chi connectivity index (χ4n) is 5.50. The molecule has 9 heteroatoms. The normalized spacial score (nSPS) is 23.4. The zero-order valence-electron chi connectivity index (χ0n) is 23.3. The molecule has 2 saturated heterocycles. The number of carbonyl (C=O) groups excluding carboxylic acids is 1. The first-order valence-electron chi connectivity index (χ1n) is 13.6. The molecule has 1 unspecified atom stereocenters. The molecule has 2 heterocycles. The quantitative estimate of drug-likeness (QED) is 0.389. The largest absolute Gasteiger partial charge is 0.497 e. The van der Waals surface area contributed by atoms with Crippen LogP contribution in [0.2, 0.25) is 10.0 Å². The summed E-state index contributed by atoms with van der Waals surface area (Å²) in [5.41, 5.74) is 1.44. The third-order valence-corrected chi connectivity index (χ3v) is 8.11. The number of methoxy groups -OCH3 is 1. The van der Waals surface area contributed by atoms with E-state index in [-0.39, 0.29) is 24.1 Å². The summed E-state index contributed by atoms with van der Waals surface area (Å²) in [6, 6.07) is 20.6. The Bertz CT molecular complexity index is 1270. The van der Waals surface area contributed by atoms with Crippen molar-refractivity contribution in [2.45, 2.75) is 37.7 Å². The minimum absolute atomic E-state index is 0.0465. The third-order valence-electron chi connectivity index (χ3n) is 7.60. The molecule has 0 bridgehead atoms. The second kappa shape index (κ2) is 12.0. The van der Waals surface area contributed by atoms with Gasteiger partial charge in [-0.15, -0.1) is 0 Å². The van der Waals surface area contributed by atoms with Crippen molar-refractivity contribution in [2.75, 3.05) is 40.3 Å². The SMILES string of the molecule is COc1ccc(C2(C(=O)N3CCN(C)CC3)N[C@H](c3ccc(Cl)cc3)[C@H](c3ccc(Cl)cc3)N2)c(OC(C)C)c1. The van der Waals surface area contributed by atoms with Crippen LogP contribution in [-0.4, -0.2) is 62.1 Å². The molecule has 2 aliphatic rings. The highest BCUT2D eigenvalue weighted by Crippen LogP contribution is 2.45. The van der Waals surface area contributed by atoms with Crippen molar-refractivity contribution < 1.29 is 14.3 Å². The van der Waals surface area contributed by atoms with E-state index in [1.165, 1.54) is 0 Å². The maximum atomic E-state index is 14.7. The van der Waals surface area contributed by atoms with Crippen molar-refractivity contribution in [3.8, 4) is 11.5 Å². The summed E-state index contributed by atoms with van der Waals surface area (Å²) in [5, 5.41) is 8.84. The number of nitrogens with one attached hydrogen (secondary N) is 2. The van der Waals surface area contributed by atoms with Gasteiger partial charge in [-0.1, -0.05) is 47.5 Å². The van der Waals surface area contributed by atoms with Crippen molar-refractivity contribution in [3.63, 3.8) is 0 Å². The standard InChI is InChI=1S/C31H36Cl2N4O3/c1-20(2)40-27-19-25(39-4)13-14-26(27)31(30(38)37-17-15-36(3)16-18-37)34-28(21-5-9-23(32)10-6-21)29(35-31)22-7-11-24(33)12-8-22/h5-14,19-20,28-29,34-35H,15-18H2,1-4H3/t28-,29+,31?. The first kappa shape index (κ1) is 28.7. The smallest absolute Gasteiger partial charge is 0.262 e. The van der Waals surface area contributed by atoms with Crippen LogP contribution in [-0.2, 0) is 10.5 Å². The summed E-state index contributed by atoms with van der Waals surface area (Å²) in [7, 11) is 3.70. The minimum Gasteiger partial charge on any atom is -0.497 e. The highest BCUT2D eigenvalue weighted by Gasteiger charge is 2.54. The van der Waals surface area contributed by atoms with E-state index in [2.05, 4.69) is 22.6 Å². The number of nitrogens with zero attached hydrogens (tertiary/aromatic N) is 2. The summed E-state index contributed by atoms with van der Waals surface area (Å²) in [5.74, 6) is 1.20. The van der Waals surface area contributed by atoms with Crippen molar-refractivity contribution in [2.24, 2.45) is 0 Å². The van der Waals surface area contributed by atoms with Gasteiger partial charge in [0.2, 0.25) is 0 Å². The first-order valence-corrected chi connectivity index (χ1v) is 14.3. The zero-order chi connectivity index (χ0) is 28.4. The molecule has 0 radical (unpaired) electrons. The number of amides is 1. The number of halogens is 2. The molecular weight excluding hydrogens is 547 g/mol. The first-order chi connectivity index (χ1) is 19.2. The predicted octanol–water partition coefficient (Wildman–Crippen LogP) is 5.39. The summed E-state index contributed by atoms with van der Waals surface area (Å²) >= 11 is 12.5. The molecule has 7 nitrogen and oxygen atoms in total. The Kier molecular flexibility index (Phi) is 8.59. The van der Waals surface area contributed by atoms with Crippen molar-refractivity contribution in [3.05, 3.63) is 93.5 Å². The van der Waals surface area contributed by atoms with Crippen molar-refractivity contribution >= 4 is 29.1 Å². The molecule has 0 aliphatic carbocycles. The number of benzene rings is 3. The third kappa shape index (κ3) is 5.80. The highest BCUT2D eigenvalue weighted by atomic mass is 35.5. The van der Waals surface area contributed by atoms with E-state index >= 15 is 0 Å². The van der Waals surface area contributed by atoms with Gasteiger partial charge in [0.1, 0.15) is 11.5 Å². The van der Waals surface area contributed by atoms with E-state index in [4.69, 9.17) is 32.7 Å². The molecule has 3 atom stereocenters. The summed E-state index contributed by atoms with van der Waals surface area (Å²) in [6.45, 7) is 6.83. The lowest BCUT2D eigenvalue weighted by molar-refractivity contribution is -0.141. The molecule has 2 aliphatic heterocycles. The Morgan fingerprint density at radius 1 is 0.875 bits per heavy atom. The Morgan fingerprint density at radius 2 is 1.40 bits per heavy atom. The molecule has 212 valence electrons. The number of rotatable bonds is 7. The van der Waals surface area contributed by atoms with Crippen LogP contribution in [0, 0.1) is 0 Å². The van der Waals surface area contributed by atoms with E-state index in [1.807, 2.05) is 85.5 Å². The van der Waals surface area contributed by atoms with E-state index < -0.39 is 5.66 Å². The van der Waals surface area contributed by atoms with Crippen LogP contribution in [0.25, 0.3) is 0 Å². The summed E-state index contributed by atoms with van der Waals surface area (Å²) < 4.78 is 11.9. The lowest BCUT2D eigenvalue weighted by Gasteiger charge is -2.40. The number of piperazine rings is 1. The molecule has 1 amide bonds. The van der Waals surface area contributed by atoms with E-state index in [0.29, 0.717) is 40.2 Å². The molecule has 2 fully saturated rings. The lowest BCUT2D eigenvalue weighted by atomic mass is 9.95. The summed E-state index contributed by atoms with van der Waals surface area (Å²) in [6.07, 6.45) is -0.109. The van der Waals surface area contributed by atoms with Crippen LogP contribution in [0.1, 0.15) is 42.6 Å². The van der Waals surface area contributed by atoms with Gasteiger partial charge in [0.15, 0.2) is 5.66 Å². The number of carbonyl (C=O) groups is 1. The van der Waals surface area contributed by atoms with Gasteiger partial charge in [0.05, 0.1) is 25.3 Å². The average Bonchev–Trinajstić information content (AvgIpc) is 3.35. The van der Waals surface area contributed by atoms with Gasteiger partial charge in [0.25, 0.3) is 5.91 Å². The monoisotopic (exact) mass is 582 g/mol. The Morgan fingerprint density at radius 3 is 1.88 bits per heavy atom. The molecule has 3 aromatic rings. The van der Waals surface area contributed by atoms with E-state index in [1.54, 1.807) is 7.11 Å². The van der Waals surface area contributed by atoms with Crippen LogP contribution in [0.5, 0.6) is 11.5 Å². The minimum atomic E-state index is -1.28. The highest BCUT2D eigenvalue weighted by molar-refractivity contribution is 6.30. The molecule has 40 heavy (non-hydrogen) atoms. The zero-order valence-corrected chi connectivity index (χ0v) is 24.8. The van der Waals surface area contributed by atoms with Crippen molar-refractivity contribution in [1.82, 2.24) is 20.4 Å². The van der Waals surface area contributed by atoms with Crippen molar-refractivity contribution in [1.29, 1.82) is 0 Å². The van der Waals surface area contributed by atoms with Crippen LogP contribution in [0.4, 0.5) is 0 Å². The number of ether oxygens (including phenoxy) is 2. The van der Waals surface area contributed by atoms with Gasteiger partial charge in [-0.2, -0.15) is 0 Å². The molecule has 0 aromatic heterocycles. The van der Waals surface area contributed by atoms with E-state index in [0.717, 1.165) is 24.2 Å². The van der Waals surface area contributed by atoms with Crippen LogP contribution >= 0.6 is 23.2 Å². The van der Waals surface area contributed by atoms with Crippen LogP contribution < -0.4 is 20.1 Å². The molecule has 3 aromatic carbocycles.